The standard InChI is InChI=1S/C16H18N2O3/c1-17-15(19)13(11-5-7-12(21-2)8-6-11)14(16(17)20)18-9-3-4-10-18/h5-8H,3-4,9-10H2,1-2H3. The van der Waals surface area contributed by atoms with Gasteiger partial charge in [-0.2, -0.15) is 0 Å². The van der Waals surface area contributed by atoms with Crippen molar-refractivity contribution in [3.05, 3.63) is 35.5 Å². The molecule has 0 bridgehead atoms. The number of amides is 2. The molecule has 2 aliphatic rings. The molecule has 3 rings (SSSR count). The van der Waals surface area contributed by atoms with Crippen LogP contribution in [0, 0.1) is 0 Å². The zero-order valence-electron chi connectivity index (χ0n) is 12.3. The third kappa shape index (κ3) is 2.18. The Labute approximate surface area is 123 Å². The first-order chi connectivity index (χ1) is 10.1. The lowest BCUT2D eigenvalue weighted by molar-refractivity contribution is -0.135. The maximum absolute atomic E-state index is 12.4. The fraction of sp³-hybridized carbons (Fsp3) is 0.375. The SMILES string of the molecule is COc1ccc(C2=C(N3CCCC3)C(=O)N(C)C2=O)cc1. The van der Waals surface area contributed by atoms with Gasteiger partial charge in [-0.1, -0.05) is 12.1 Å². The van der Waals surface area contributed by atoms with Crippen LogP contribution in [-0.2, 0) is 9.59 Å². The fourth-order valence-corrected chi connectivity index (χ4v) is 2.88. The number of likely N-dealkylation sites (tertiary alicyclic amines) is 1. The first-order valence-electron chi connectivity index (χ1n) is 7.09. The Balaban J connectivity index is 2.08. The summed E-state index contributed by atoms with van der Waals surface area (Å²) in [5.41, 5.74) is 1.82. The summed E-state index contributed by atoms with van der Waals surface area (Å²) in [6.45, 7) is 1.67. The van der Waals surface area contributed by atoms with E-state index in [9.17, 15) is 9.59 Å². The van der Waals surface area contributed by atoms with E-state index in [0.717, 1.165) is 37.2 Å². The van der Waals surface area contributed by atoms with E-state index in [-0.39, 0.29) is 11.8 Å². The van der Waals surface area contributed by atoms with Crippen molar-refractivity contribution >= 4 is 17.4 Å². The van der Waals surface area contributed by atoms with Gasteiger partial charge in [-0.15, -0.1) is 0 Å². The maximum Gasteiger partial charge on any atom is 0.277 e. The maximum atomic E-state index is 12.4. The largest absolute Gasteiger partial charge is 0.497 e. The van der Waals surface area contributed by atoms with Gasteiger partial charge in [0.25, 0.3) is 11.8 Å². The number of ether oxygens (including phenoxy) is 1. The van der Waals surface area contributed by atoms with Crippen molar-refractivity contribution in [3.63, 3.8) is 0 Å². The molecular formula is C16H18N2O3. The normalized spacial score (nSPS) is 19.0. The van der Waals surface area contributed by atoms with Gasteiger partial charge >= 0.3 is 0 Å². The first kappa shape index (κ1) is 13.7. The number of hydrogen-bond donors (Lipinski definition) is 0. The van der Waals surface area contributed by atoms with Gasteiger partial charge in [-0.25, -0.2) is 0 Å². The second kappa shape index (κ2) is 5.24. The predicted molar refractivity (Wildman–Crippen MR) is 78.5 cm³/mol. The molecule has 0 radical (unpaired) electrons. The topological polar surface area (TPSA) is 49.9 Å². The molecule has 1 aromatic carbocycles. The number of benzene rings is 1. The van der Waals surface area contributed by atoms with E-state index in [2.05, 4.69) is 0 Å². The molecule has 21 heavy (non-hydrogen) atoms. The Bertz CT molecular complexity index is 613. The third-order valence-corrected chi connectivity index (χ3v) is 4.06. The van der Waals surface area contributed by atoms with Crippen molar-refractivity contribution in [3.8, 4) is 5.75 Å². The molecule has 2 aliphatic heterocycles. The summed E-state index contributed by atoms with van der Waals surface area (Å²) in [5.74, 6) is 0.298. The molecule has 0 atom stereocenters. The highest BCUT2D eigenvalue weighted by molar-refractivity contribution is 6.35. The van der Waals surface area contributed by atoms with Crippen molar-refractivity contribution in [2.24, 2.45) is 0 Å². The Kier molecular flexibility index (Phi) is 3.41. The van der Waals surface area contributed by atoms with E-state index in [1.165, 1.54) is 11.9 Å². The molecule has 0 saturated carbocycles. The number of nitrogens with zero attached hydrogens (tertiary/aromatic N) is 2. The fourth-order valence-electron chi connectivity index (χ4n) is 2.88. The molecule has 1 fully saturated rings. The van der Waals surface area contributed by atoms with Crippen molar-refractivity contribution in [2.75, 3.05) is 27.2 Å². The Morgan fingerprint density at radius 2 is 1.62 bits per heavy atom. The molecule has 2 amide bonds. The van der Waals surface area contributed by atoms with Crippen molar-refractivity contribution in [2.45, 2.75) is 12.8 Å². The summed E-state index contributed by atoms with van der Waals surface area (Å²) >= 11 is 0. The number of imide groups is 1. The summed E-state index contributed by atoms with van der Waals surface area (Å²) in [6, 6.07) is 7.27. The molecule has 2 heterocycles. The first-order valence-corrected chi connectivity index (χ1v) is 7.09. The van der Waals surface area contributed by atoms with Crippen LogP contribution in [0.2, 0.25) is 0 Å². The van der Waals surface area contributed by atoms with Crippen molar-refractivity contribution in [1.29, 1.82) is 0 Å². The second-order valence-corrected chi connectivity index (χ2v) is 5.32. The lowest BCUT2D eigenvalue weighted by atomic mass is 10.0. The van der Waals surface area contributed by atoms with E-state index in [4.69, 9.17) is 4.74 Å². The highest BCUT2D eigenvalue weighted by Gasteiger charge is 2.39. The predicted octanol–water partition coefficient (Wildman–Crippen LogP) is 1.50. The minimum Gasteiger partial charge on any atom is -0.497 e. The van der Waals surface area contributed by atoms with Gasteiger partial charge in [0.05, 0.1) is 12.7 Å². The number of likely N-dealkylation sites (N-methyl/N-ethyl adjacent to an activating group) is 1. The molecule has 0 aromatic heterocycles. The van der Waals surface area contributed by atoms with Crippen LogP contribution in [0.5, 0.6) is 5.75 Å². The molecular weight excluding hydrogens is 268 g/mol. The average Bonchev–Trinajstić information content (AvgIpc) is 3.10. The van der Waals surface area contributed by atoms with Crippen LogP contribution in [0.25, 0.3) is 5.57 Å². The minimum atomic E-state index is -0.230. The van der Waals surface area contributed by atoms with Crippen molar-refractivity contribution < 1.29 is 14.3 Å². The average molecular weight is 286 g/mol. The zero-order valence-corrected chi connectivity index (χ0v) is 12.3. The molecule has 5 nitrogen and oxygen atoms in total. The highest BCUT2D eigenvalue weighted by atomic mass is 16.5. The molecule has 0 spiro atoms. The van der Waals surface area contributed by atoms with E-state index < -0.39 is 0 Å². The molecule has 5 heteroatoms. The number of methoxy groups -OCH3 is 1. The van der Waals surface area contributed by atoms with Crippen LogP contribution in [0.4, 0.5) is 0 Å². The number of rotatable bonds is 3. The van der Waals surface area contributed by atoms with Gasteiger partial charge in [0.2, 0.25) is 0 Å². The number of carbonyl (C=O) groups is 2. The van der Waals surface area contributed by atoms with Gasteiger partial charge in [0, 0.05) is 20.1 Å². The summed E-state index contributed by atoms with van der Waals surface area (Å²) in [7, 11) is 3.14. The van der Waals surface area contributed by atoms with Gasteiger partial charge in [-0.3, -0.25) is 14.5 Å². The lowest BCUT2D eigenvalue weighted by Crippen LogP contribution is -2.31. The second-order valence-electron chi connectivity index (χ2n) is 5.32. The Morgan fingerprint density at radius 3 is 2.19 bits per heavy atom. The summed E-state index contributed by atoms with van der Waals surface area (Å²) < 4.78 is 5.14. The molecule has 1 saturated heterocycles. The van der Waals surface area contributed by atoms with Crippen molar-refractivity contribution in [1.82, 2.24) is 9.80 Å². The number of hydrogen-bond acceptors (Lipinski definition) is 4. The van der Waals surface area contributed by atoms with E-state index in [1.54, 1.807) is 19.2 Å². The van der Waals surface area contributed by atoms with E-state index in [0.29, 0.717) is 11.3 Å². The summed E-state index contributed by atoms with van der Waals surface area (Å²) in [4.78, 5) is 28.1. The van der Waals surface area contributed by atoms with Crippen LogP contribution >= 0.6 is 0 Å². The van der Waals surface area contributed by atoms with Gasteiger partial charge < -0.3 is 9.64 Å². The Morgan fingerprint density at radius 1 is 1.00 bits per heavy atom. The van der Waals surface area contributed by atoms with E-state index >= 15 is 0 Å². The van der Waals surface area contributed by atoms with Crippen LogP contribution < -0.4 is 4.74 Å². The van der Waals surface area contributed by atoms with Gasteiger partial charge in [0.1, 0.15) is 11.4 Å². The quantitative estimate of drug-likeness (QED) is 0.790. The zero-order chi connectivity index (χ0) is 15.0. The van der Waals surface area contributed by atoms with Crippen LogP contribution in [0.15, 0.2) is 30.0 Å². The lowest BCUT2D eigenvalue weighted by Gasteiger charge is -2.19. The minimum absolute atomic E-state index is 0.201. The Hall–Kier alpha value is -2.30. The van der Waals surface area contributed by atoms with E-state index in [1.807, 2.05) is 17.0 Å². The van der Waals surface area contributed by atoms with Crippen LogP contribution in [0.1, 0.15) is 18.4 Å². The van der Waals surface area contributed by atoms with Gasteiger partial charge in [-0.05, 0) is 30.5 Å². The monoisotopic (exact) mass is 286 g/mol. The third-order valence-electron chi connectivity index (χ3n) is 4.06. The summed E-state index contributed by atoms with van der Waals surface area (Å²) in [6.07, 6.45) is 2.12. The summed E-state index contributed by atoms with van der Waals surface area (Å²) in [5, 5.41) is 0. The smallest absolute Gasteiger partial charge is 0.277 e. The molecule has 110 valence electrons. The highest BCUT2D eigenvalue weighted by Crippen LogP contribution is 2.33. The number of carbonyl (C=O) groups excluding carboxylic acids is 2. The van der Waals surface area contributed by atoms with Gasteiger partial charge in [0.15, 0.2) is 0 Å². The molecule has 0 N–H and O–H groups in total. The van der Waals surface area contributed by atoms with Crippen LogP contribution in [0.3, 0.4) is 0 Å². The molecule has 0 unspecified atom stereocenters. The molecule has 0 aliphatic carbocycles. The van der Waals surface area contributed by atoms with Crippen LogP contribution in [-0.4, -0.2) is 48.9 Å². The molecule has 1 aromatic rings.